The molecule has 0 saturated heterocycles. The van der Waals surface area contributed by atoms with E-state index >= 15 is 0 Å². The van der Waals surface area contributed by atoms with E-state index in [0.29, 0.717) is 0 Å². The fourth-order valence-corrected chi connectivity index (χ4v) is 1.45. The molecule has 0 aromatic rings. The first kappa shape index (κ1) is 15.2. The third kappa shape index (κ3) is 5.95. The number of hydrogen-bond donors (Lipinski definition) is 1. The fraction of sp³-hybridized carbons (Fsp3) is 0.667. The lowest BCUT2D eigenvalue weighted by Crippen LogP contribution is -2.10. The van der Waals surface area contributed by atoms with Gasteiger partial charge in [0.1, 0.15) is 0 Å². The molecule has 1 heteroatoms. The van der Waals surface area contributed by atoms with E-state index < -0.39 is 0 Å². The topological polar surface area (TPSA) is 20.2 Å². The van der Waals surface area contributed by atoms with Crippen LogP contribution in [0.2, 0.25) is 0 Å². The normalized spacial score (nSPS) is 13.4. The Hall–Kier alpha value is -0.780. The number of aliphatic hydroxyl groups is 1. The molecule has 0 unspecified atom stereocenters. The first-order valence-electron chi connectivity index (χ1n) is 5.84. The molecule has 0 spiro atoms. The second-order valence-corrected chi connectivity index (χ2v) is 6.35. The van der Waals surface area contributed by atoms with Gasteiger partial charge in [0.15, 0.2) is 0 Å². The molecule has 0 fully saturated rings. The highest BCUT2D eigenvalue weighted by molar-refractivity contribution is 5.33. The summed E-state index contributed by atoms with van der Waals surface area (Å²) in [5, 5.41) is 8.95. The summed E-state index contributed by atoms with van der Waals surface area (Å²) in [5.41, 5.74) is 5.85. The first-order valence-corrected chi connectivity index (χ1v) is 5.84. The average molecular weight is 222 g/mol. The van der Waals surface area contributed by atoms with Crippen molar-refractivity contribution in [3.8, 4) is 0 Å². The van der Waals surface area contributed by atoms with Crippen molar-refractivity contribution in [3.63, 3.8) is 0 Å². The summed E-state index contributed by atoms with van der Waals surface area (Å²) in [5.74, 6) is 0. The van der Waals surface area contributed by atoms with E-state index in [1.165, 1.54) is 0 Å². The molecular weight excluding hydrogens is 196 g/mol. The predicted octanol–water partition coefficient (Wildman–Crippen LogP) is 4.10. The zero-order valence-corrected chi connectivity index (χ0v) is 11.8. The van der Waals surface area contributed by atoms with Gasteiger partial charge in [0.05, 0.1) is 6.61 Å². The molecule has 1 nitrogen and oxygen atoms in total. The SMILES string of the molecule is C/C(=C/CO)C(=C=CC(C)(C)C)C(C)(C)C. The first-order chi connectivity index (χ1) is 7.08. The summed E-state index contributed by atoms with van der Waals surface area (Å²) >= 11 is 0. The highest BCUT2D eigenvalue weighted by atomic mass is 16.2. The Labute approximate surface area is 101 Å². The van der Waals surface area contributed by atoms with Crippen LogP contribution >= 0.6 is 0 Å². The molecule has 0 aliphatic carbocycles. The zero-order valence-electron chi connectivity index (χ0n) is 11.8. The van der Waals surface area contributed by atoms with Crippen LogP contribution in [0.5, 0.6) is 0 Å². The molecule has 0 bridgehead atoms. The van der Waals surface area contributed by atoms with Gasteiger partial charge in [-0.2, -0.15) is 0 Å². The Morgan fingerprint density at radius 1 is 1.12 bits per heavy atom. The number of hydrogen-bond acceptors (Lipinski definition) is 1. The Morgan fingerprint density at radius 3 is 1.94 bits per heavy atom. The van der Waals surface area contributed by atoms with Gasteiger partial charge in [0.2, 0.25) is 0 Å². The highest BCUT2D eigenvalue weighted by Gasteiger charge is 2.18. The van der Waals surface area contributed by atoms with Crippen molar-refractivity contribution in [1.29, 1.82) is 0 Å². The maximum Gasteiger partial charge on any atom is 0.0618 e. The number of aliphatic hydroxyl groups excluding tert-OH is 1. The van der Waals surface area contributed by atoms with Gasteiger partial charge in [0, 0.05) is 5.57 Å². The van der Waals surface area contributed by atoms with Crippen molar-refractivity contribution in [1.82, 2.24) is 0 Å². The van der Waals surface area contributed by atoms with Crippen molar-refractivity contribution in [2.24, 2.45) is 10.8 Å². The molecule has 0 aromatic carbocycles. The second-order valence-electron chi connectivity index (χ2n) is 6.35. The summed E-state index contributed by atoms with van der Waals surface area (Å²) in [4.78, 5) is 0. The molecule has 0 heterocycles. The summed E-state index contributed by atoms with van der Waals surface area (Å²) in [6.07, 6.45) is 3.94. The summed E-state index contributed by atoms with van der Waals surface area (Å²) in [6, 6.07) is 0. The minimum absolute atomic E-state index is 0.0531. The predicted molar refractivity (Wildman–Crippen MR) is 71.3 cm³/mol. The van der Waals surface area contributed by atoms with Crippen LogP contribution in [-0.4, -0.2) is 11.7 Å². The van der Waals surface area contributed by atoms with Gasteiger partial charge >= 0.3 is 0 Å². The molecule has 92 valence electrons. The molecule has 16 heavy (non-hydrogen) atoms. The van der Waals surface area contributed by atoms with Crippen molar-refractivity contribution in [2.75, 3.05) is 6.61 Å². The Bertz CT molecular complexity index is 312. The van der Waals surface area contributed by atoms with Crippen molar-refractivity contribution < 1.29 is 5.11 Å². The third-order valence-corrected chi connectivity index (χ3v) is 2.19. The van der Waals surface area contributed by atoms with Gasteiger partial charge in [-0.25, -0.2) is 0 Å². The van der Waals surface area contributed by atoms with Crippen LogP contribution in [-0.2, 0) is 0 Å². The molecule has 1 N–H and O–H groups in total. The Morgan fingerprint density at radius 2 is 1.62 bits per heavy atom. The monoisotopic (exact) mass is 222 g/mol. The Balaban J connectivity index is 5.46. The standard InChI is InChI=1S/C15H26O/c1-12(9-11-16)13(15(5,6)7)8-10-14(2,3)4/h9-10,16H,11H2,1-7H3/b12-9-. The van der Waals surface area contributed by atoms with E-state index in [9.17, 15) is 0 Å². The number of rotatable bonds is 2. The van der Waals surface area contributed by atoms with Gasteiger partial charge in [0.25, 0.3) is 0 Å². The quantitative estimate of drug-likeness (QED) is 0.551. The Kier molecular flexibility index (Phi) is 5.25. The van der Waals surface area contributed by atoms with Crippen LogP contribution in [0.1, 0.15) is 48.5 Å². The molecule has 0 aromatic heterocycles. The molecular formula is C15H26O. The lowest BCUT2D eigenvalue weighted by Gasteiger charge is -2.22. The summed E-state index contributed by atoms with van der Waals surface area (Å²) in [7, 11) is 0. The second kappa shape index (κ2) is 5.52. The van der Waals surface area contributed by atoms with Crippen LogP contribution in [0.25, 0.3) is 0 Å². The van der Waals surface area contributed by atoms with Crippen molar-refractivity contribution in [2.45, 2.75) is 48.5 Å². The minimum Gasteiger partial charge on any atom is -0.392 e. The minimum atomic E-state index is 0.0531. The van der Waals surface area contributed by atoms with E-state index in [4.69, 9.17) is 5.11 Å². The van der Waals surface area contributed by atoms with Crippen LogP contribution in [0.15, 0.2) is 29.0 Å². The van der Waals surface area contributed by atoms with Crippen molar-refractivity contribution in [3.05, 3.63) is 29.0 Å². The maximum absolute atomic E-state index is 8.95. The smallest absolute Gasteiger partial charge is 0.0618 e. The molecule has 0 radical (unpaired) electrons. The lowest BCUT2D eigenvalue weighted by atomic mass is 9.82. The van der Waals surface area contributed by atoms with Gasteiger partial charge in [-0.05, 0) is 29.4 Å². The molecule has 0 rings (SSSR count). The van der Waals surface area contributed by atoms with E-state index in [1.807, 2.05) is 13.0 Å². The average Bonchev–Trinajstić information content (AvgIpc) is 1.99. The van der Waals surface area contributed by atoms with E-state index in [-0.39, 0.29) is 17.4 Å². The van der Waals surface area contributed by atoms with Crippen molar-refractivity contribution >= 4 is 0 Å². The zero-order chi connectivity index (χ0) is 13.0. The van der Waals surface area contributed by atoms with Gasteiger partial charge < -0.3 is 5.11 Å². The van der Waals surface area contributed by atoms with Crippen LogP contribution in [0, 0.1) is 10.8 Å². The van der Waals surface area contributed by atoms with Gasteiger partial charge in [-0.1, -0.05) is 47.6 Å². The molecule has 0 amide bonds. The summed E-state index contributed by atoms with van der Waals surface area (Å²) in [6.45, 7) is 15.1. The van der Waals surface area contributed by atoms with Gasteiger partial charge in [-0.15, -0.1) is 5.73 Å². The molecule has 0 atom stereocenters. The molecule has 0 saturated carbocycles. The van der Waals surface area contributed by atoms with E-state index in [0.717, 1.165) is 11.1 Å². The fourth-order valence-electron chi connectivity index (χ4n) is 1.45. The third-order valence-electron chi connectivity index (χ3n) is 2.19. The van der Waals surface area contributed by atoms with Crippen LogP contribution in [0.4, 0.5) is 0 Å². The van der Waals surface area contributed by atoms with Crippen LogP contribution in [0.3, 0.4) is 0 Å². The van der Waals surface area contributed by atoms with E-state index in [2.05, 4.69) is 53.3 Å². The maximum atomic E-state index is 8.95. The summed E-state index contributed by atoms with van der Waals surface area (Å²) < 4.78 is 0. The molecule has 0 aliphatic rings. The molecule has 0 aliphatic heterocycles. The van der Waals surface area contributed by atoms with Crippen LogP contribution < -0.4 is 0 Å². The number of allylic oxidation sites excluding steroid dienone is 2. The highest BCUT2D eigenvalue weighted by Crippen LogP contribution is 2.30. The lowest BCUT2D eigenvalue weighted by molar-refractivity contribution is 0.341. The largest absolute Gasteiger partial charge is 0.392 e. The van der Waals surface area contributed by atoms with E-state index in [1.54, 1.807) is 0 Å². The van der Waals surface area contributed by atoms with Gasteiger partial charge in [-0.3, -0.25) is 0 Å².